The van der Waals surface area contributed by atoms with Crippen LogP contribution < -0.4 is 15.8 Å². The Morgan fingerprint density at radius 2 is 2.17 bits per heavy atom. The van der Waals surface area contributed by atoms with E-state index in [0.717, 1.165) is 22.6 Å². The molecule has 1 aliphatic carbocycles. The predicted molar refractivity (Wildman–Crippen MR) is 89.1 cm³/mol. The number of methoxy groups -OCH3 is 1. The van der Waals surface area contributed by atoms with Crippen LogP contribution in [-0.2, 0) is 11.3 Å². The molecular weight excluding hydrogens is 308 g/mol. The molecule has 1 saturated carbocycles. The quantitative estimate of drug-likeness (QED) is 0.648. The summed E-state index contributed by atoms with van der Waals surface area (Å²) in [5.41, 5.74) is 8.50. The Bertz CT molecular complexity index is 688. The molecule has 0 spiro atoms. The number of nitrogens with zero attached hydrogens (tertiary/aromatic N) is 1. The van der Waals surface area contributed by atoms with Gasteiger partial charge in [0.2, 0.25) is 5.91 Å². The first-order valence-electron chi connectivity index (χ1n) is 7.96. The molecule has 1 aromatic carbocycles. The van der Waals surface area contributed by atoms with Crippen LogP contribution in [0.4, 0.5) is 0 Å². The van der Waals surface area contributed by atoms with Crippen LogP contribution in [0.5, 0.6) is 5.75 Å². The molecule has 0 aliphatic heterocycles. The summed E-state index contributed by atoms with van der Waals surface area (Å²) in [6.45, 7) is 0.374. The van der Waals surface area contributed by atoms with Gasteiger partial charge in [-0.2, -0.15) is 5.10 Å². The minimum atomic E-state index is -0.593. The third-order valence-electron chi connectivity index (χ3n) is 4.50. The zero-order valence-corrected chi connectivity index (χ0v) is 13.5. The number of nitrogens with two attached hydrogens (primary N) is 1. The van der Waals surface area contributed by atoms with Crippen LogP contribution in [0.1, 0.15) is 18.4 Å². The fourth-order valence-corrected chi connectivity index (χ4v) is 3.04. The van der Waals surface area contributed by atoms with E-state index in [9.17, 15) is 9.90 Å². The van der Waals surface area contributed by atoms with Gasteiger partial charge in [0.1, 0.15) is 5.75 Å². The number of rotatable bonds is 5. The molecule has 1 amide bonds. The van der Waals surface area contributed by atoms with Crippen LogP contribution in [0.25, 0.3) is 11.3 Å². The highest BCUT2D eigenvalue weighted by atomic mass is 16.5. The molecule has 0 radical (unpaired) electrons. The van der Waals surface area contributed by atoms with Crippen LogP contribution in [0.2, 0.25) is 0 Å². The van der Waals surface area contributed by atoms with Crippen molar-refractivity contribution < 1.29 is 14.6 Å². The first kappa shape index (κ1) is 16.5. The van der Waals surface area contributed by atoms with E-state index in [-0.39, 0.29) is 17.9 Å². The molecular formula is C17H22N4O3. The number of aromatic nitrogens is 2. The van der Waals surface area contributed by atoms with Gasteiger partial charge in [-0.15, -0.1) is 0 Å². The number of aliphatic hydroxyl groups is 1. The lowest BCUT2D eigenvalue weighted by atomic mass is 10.1. The topological polar surface area (TPSA) is 113 Å². The van der Waals surface area contributed by atoms with Gasteiger partial charge in [-0.25, -0.2) is 0 Å². The number of aromatic amines is 1. The van der Waals surface area contributed by atoms with Gasteiger partial charge in [-0.3, -0.25) is 9.89 Å². The van der Waals surface area contributed by atoms with E-state index in [1.165, 1.54) is 0 Å². The van der Waals surface area contributed by atoms with E-state index >= 15 is 0 Å². The number of carbonyl (C=O) groups excluding carboxylic acids is 1. The highest BCUT2D eigenvalue weighted by Gasteiger charge is 2.34. The molecule has 1 fully saturated rings. The molecule has 1 heterocycles. The first-order valence-corrected chi connectivity index (χ1v) is 7.96. The van der Waals surface area contributed by atoms with Gasteiger partial charge in [0.05, 0.1) is 25.1 Å². The smallest absolute Gasteiger partial charge is 0.223 e. The molecule has 0 saturated heterocycles. The molecule has 3 atom stereocenters. The molecule has 1 aliphatic rings. The number of H-pyrrole nitrogens is 1. The van der Waals surface area contributed by atoms with Crippen molar-refractivity contribution in [2.45, 2.75) is 31.5 Å². The van der Waals surface area contributed by atoms with Gasteiger partial charge in [-0.1, -0.05) is 0 Å². The van der Waals surface area contributed by atoms with Crippen molar-refractivity contribution in [1.82, 2.24) is 15.5 Å². The molecule has 0 unspecified atom stereocenters. The number of amides is 1. The number of hydrogen-bond donors (Lipinski definition) is 4. The second-order valence-electron chi connectivity index (χ2n) is 6.12. The van der Waals surface area contributed by atoms with Gasteiger partial charge in [0.15, 0.2) is 0 Å². The van der Waals surface area contributed by atoms with Gasteiger partial charge < -0.3 is 20.9 Å². The van der Waals surface area contributed by atoms with Crippen LogP contribution in [0.3, 0.4) is 0 Å². The number of hydrogen-bond acceptors (Lipinski definition) is 5. The Labute approximate surface area is 140 Å². The molecule has 128 valence electrons. The molecule has 7 nitrogen and oxygen atoms in total. The molecule has 3 rings (SSSR count). The number of benzene rings is 1. The summed E-state index contributed by atoms with van der Waals surface area (Å²) in [6, 6.07) is 7.30. The lowest BCUT2D eigenvalue weighted by Gasteiger charge is -2.11. The second-order valence-corrected chi connectivity index (χ2v) is 6.12. The van der Waals surface area contributed by atoms with Crippen LogP contribution >= 0.6 is 0 Å². The van der Waals surface area contributed by atoms with Crippen molar-refractivity contribution in [3.8, 4) is 17.0 Å². The minimum absolute atomic E-state index is 0.0797. The maximum atomic E-state index is 12.2. The van der Waals surface area contributed by atoms with Gasteiger partial charge in [-0.05, 0) is 37.1 Å². The fraction of sp³-hybridized carbons (Fsp3) is 0.412. The Morgan fingerprint density at radius 1 is 1.42 bits per heavy atom. The normalized spacial score (nSPS) is 23.2. The number of aliphatic hydroxyl groups excluding tert-OH is 1. The first-order chi connectivity index (χ1) is 11.6. The van der Waals surface area contributed by atoms with Gasteiger partial charge in [0.25, 0.3) is 0 Å². The average molecular weight is 330 g/mol. The summed E-state index contributed by atoms with van der Waals surface area (Å²) in [5, 5.41) is 19.6. The standard InChI is InChI=1S/C17H22N4O3/c1-24-13-4-2-10(3-5-13)16-12(9-20-21-16)8-19-17(23)11-6-14(18)15(22)7-11/h2-5,9,11,14-15,22H,6-8,18H2,1H3,(H,19,23)(H,20,21)/t11-,14+,15+/m0/s1. The number of nitrogens with one attached hydrogen (secondary N) is 2. The van der Waals surface area contributed by atoms with Crippen molar-refractivity contribution in [3.63, 3.8) is 0 Å². The van der Waals surface area contributed by atoms with E-state index in [1.54, 1.807) is 13.3 Å². The van der Waals surface area contributed by atoms with Crippen molar-refractivity contribution in [2.24, 2.45) is 11.7 Å². The molecule has 2 aromatic rings. The zero-order valence-electron chi connectivity index (χ0n) is 13.5. The van der Waals surface area contributed by atoms with Gasteiger partial charge >= 0.3 is 0 Å². The maximum absolute atomic E-state index is 12.2. The predicted octanol–water partition coefficient (Wildman–Crippen LogP) is 0.800. The molecule has 7 heteroatoms. The Kier molecular flexibility index (Phi) is 4.82. The minimum Gasteiger partial charge on any atom is -0.497 e. The van der Waals surface area contributed by atoms with E-state index in [2.05, 4.69) is 15.5 Å². The Hall–Kier alpha value is -2.38. The van der Waals surface area contributed by atoms with Crippen LogP contribution in [0.15, 0.2) is 30.5 Å². The molecule has 0 bridgehead atoms. The summed E-state index contributed by atoms with van der Waals surface area (Å²) in [6.07, 6.45) is 2.05. The monoisotopic (exact) mass is 330 g/mol. The summed E-state index contributed by atoms with van der Waals surface area (Å²) < 4.78 is 5.16. The highest BCUT2D eigenvalue weighted by molar-refractivity contribution is 5.79. The lowest BCUT2D eigenvalue weighted by molar-refractivity contribution is -0.125. The summed E-state index contributed by atoms with van der Waals surface area (Å²) in [5.74, 6) is 0.472. The largest absolute Gasteiger partial charge is 0.497 e. The van der Waals surface area contributed by atoms with Crippen molar-refractivity contribution in [1.29, 1.82) is 0 Å². The summed E-state index contributed by atoms with van der Waals surface area (Å²) in [4.78, 5) is 12.2. The van der Waals surface area contributed by atoms with Crippen LogP contribution in [0, 0.1) is 5.92 Å². The third-order valence-corrected chi connectivity index (χ3v) is 4.50. The number of ether oxygens (including phenoxy) is 1. The van der Waals surface area contributed by atoms with E-state index in [4.69, 9.17) is 10.5 Å². The third kappa shape index (κ3) is 3.42. The van der Waals surface area contributed by atoms with Crippen molar-refractivity contribution in [2.75, 3.05) is 7.11 Å². The van der Waals surface area contributed by atoms with E-state index in [0.29, 0.717) is 19.4 Å². The second kappa shape index (κ2) is 7.02. The number of carbonyl (C=O) groups is 1. The van der Waals surface area contributed by atoms with E-state index in [1.807, 2.05) is 24.3 Å². The summed E-state index contributed by atoms with van der Waals surface area (Å²) in [7, 11) is 1.62. The van der Waals surface area contributed by atoms with Crippen molar-refractivity contribution >= 4 is 5.91 Å². The Morgan fingerprint density at radius 3 is 2.79 bits per heavy atom. The zero-order chi connectivity index (χ0) is 17.1. The summed E-state index contributed by atoms with van der Waals surface area (Å²) >= 11 is 0. The van der Waals surface area contributed by atoms with E-state index < -0.39 is 6.10 Å². The molecule has 24 heavy (non-hydrogen) atoms. The molecule has 5 N–H and O–H groups in total. The lowest BCUT2D eigenvalue weighted by Crippen LogP contribution is -2.30. The molecule has 1 aromatic heterocycles. The highest BCUT2D eigenvalue weighted by Crippen LogP contribution is 2.26. The van der Waals surface area contributed by atoms with Crippen molar-refractivity contribution in [3.05, 3.63) is 36.0 Å². The Balaban J connectivity index is 1.64. The fourth-order valence-electron chi connectivity index (χ4n) is 3.04. The maximum Gasteiger partial charge on any atom is 0.223 e. The SMILES string of the molecule is COc1ccc(-c2[nH]ncc2CNC(=O)[C@H]2C[C@@H](N)[C@H](O)C2)cc1. The van der Waals surface area contributed by atoms with Gasteiger partial charge in [0, 0.05) is 29.6 Å². The average Bonchev–Trinajstić information content (AvgIpc) is 3.20. The van der Waals surface area contributed by atoms with Crippen LogP contribution in [-0.4, -0.2) is 40.5 Å².